The standard InChI is InChI=1S/C26H27FN4O3/c1-33-16-22-25(18-7-11-21(34-2)12-8-18)26-28-24(30-13-3-4-20(30)15-32)14-23(31(26)29-22)17-5-9-19(27)10-6-17/h5-12,14,20,32H,3-4,13,15-16H2,1-2H3. The van der Waals surface area contributed by atoms with E-state index in [2.05, 4.69) is 4.90 Å². The lowest BCUT2D eigenvalue weighted by Crippen LogP contribution is -2.32. The molecule has 7 nitrogen and oxygen atoms in total. The zero-order valence-electron chi connectivity index (χ0n) is 19.2. The van der Waals surface area contributed by atoms with Crippen molar-refractivity contribution in [1.82, 2.24) is 14.6 Å². The van der Waals surface area contributed by atoms with E-state index in [9.17, 15) is 9.50 Å². The molecule has 3 heterocycles. The van der Waals surface area contributed by atoms with Crippen LogP contribution in [0.2, 0.25) is 0 Å². The van der Waals surface area contributed by atoms with Crippen LogP contribution in [0.15, 0.2) is 54.6 Å². The van der Waals surface area contributed by atoms with E-state index in [0.29, 0.717) is 12.3 Å². The van der Waals surface area contributed by atoms with Gasteiger partial charge in [0.25, 0.3) is 0 Å². The third kappa shape index (κ3) is 3.99. The van der Waals surface area contributed by atoms with Gasteiger partial charge in [0.1, 0.15) is 17.4 Å². The van der Waals surface area contributed by atoms with E-state index in [-0.39, 0.29) is 18.5 Å². The molecule has 8 heteroatoms. The average Bonchev–Trinajstić information content (AvgIpc) is 3.49. The molecule has 0 radical (unpaired) electrons. The van der Waals surface area contributed by atoms with Crippen LogP contribution in [0.3, 0.4) is 0 Å². The summed E-state index contributed by atoms with van der Waals surface area (Å²) in [6.45, 7) is 1.19. The van der Waals surface area contributed by atoms with Crippen LogP contribution in [0.1, 0.15) is 18.5 Å². The molecule has 2 aromatic carbocycles. The Balaban J connectivity index is 1.78. The van der Waals surface area contributed by atoms with Crippen molar-refractivity contribution >= 4 is 11.5 Å². The Morgan fingerprint density at radius 2 is 1.79 bits per heavy atom. The number of benzene rings is 2. The topological polar surface area (TPSA) is 72.1 Å². The summed E-state index contributed by atoms with van der Waals surface area (Å²) in [6, 6.07) is 16.1. The van der Waals surface area contributed by atoms with Gasteiger partial charge in [0, 0.05) is 25.3 Å². The Bertz CT molecular complexity index is 1290. The SMILES string of the molecule is COCc1nn2c(-c3ccc(F)cc3)cc(N3CCCC3CO)nc2c1-c1ccc(OC)cc1. The molecule has 1 unspecified atom stereocenters. The second-order valence-electron chi connectivity index (χ2n) is 8.40. The number of methoxy groups -OCH3 is 2. The highest BCUT2D eigenvalue weighted by Gasteiger charge is 2.28. The Kier molecular flexibility index (Phi) is 6.17. The highest BCUT2D eigenvalue weighted by atomic mass is 19.1. The molecule has 34 heavy (non-hydrogen) atoms. The average molecular weight is 463 g/mol. The van der Waals surface area contributed by atoms with E-state index in [4.69, 9.17) is 19.6 Å². The van der Waals surface area contributed by atoms with Gasteiger partial charge in [-0.1, -0.05) is 12.1 Å². The Morgan fingerprint density at radius 1 is 1.06 bits per heavy atom. The molecule has 0 amide bonds. The van der Waals surface area contributed by atoms with E-state index >= 15 is 0 Å². The van der Waals surface area contributed by atoms with Crippen molar-refractivity contribution in [1.29, 1.82) is 0 Å². The van der Waals surface area contributed by atoms with Crippen molar-refractivity contribution in [3.63, 3.8) is 0 Å². The summed E-state index contributed by atoms with van der Waals surface area (Å²) in [6.07, 6.45) is 1.90. The van der Waals surface area contributed by atoms with Gasteiger partial charge in [-0.05, 0) is 54.8 Å². The molecule has 1 fully saturated rings. The third-order valence-corrected chi connectivity index (χ3v) is 6.33. The number of anilines is 1. The monoisotopic (exact) mass is 462 g/mol. The van der Waals surface area contributed by atoms with Gasteiger partial charge >= 0.3 is 0 Å². The van der Waals surface area contributed by atoms with Gasteiger partial charge in [0.15, 0.2) is 5.65 Å². The largest absolute Gasteiger partial charge is 0.497 e. The van der Waals surface area contributed by atoms with Gasteiger partial charge in [0.2, 0.25) is 0 Å². The minimum absolute atomic E-state index is 0.0156. The molecule has 176 valence electrons. The fourth-order valence-electron chi connectivity index (χ4n) is 4.64. The maximum absolute atomic E-state index is 13.7. The number of hydrogen-bond acceptors (Lipinski definition) is 6. The van der Waals surface area contributed by atoms with E-state index in [1.165, 1.54) is 12.1 Å². The molecule has 1 saturated heterocycles. The molecule has 0 aliphatic carbocycles. The molecule has 1 N–H and O–H groups in total. The Morgan fingerprint density at radius 3 is 2.47 bits per heavy atom. The van der Waals surface area contributed by atoms with Crippen LogP contribution in [-0.4, -0.2) is 53.1 Å². The molecule has 1 aliphatic rings. The first-order valence-corrected chi connectivity index (χ1v) is 11.3. The molecule has 2 aromatic heterocycles. The van der Waals surface area contributed by atoms with Crippen molar-refractivity contribution in [3.05, 3.63) is 66.1 Å². The van der Waals surface area contributed by atoms with Gasteiger partial charge in [0.05, 0.1) is 43.3 Å². The fourth-order valence-corrected chi connectivity index (χ4v) is 4.64. The highest BCUT2D eigenvalue weighted by molar-refractivity contribution is 5.83. The number of aliphatic hydroxyl groups excluding tert-OH is 1. The van der Waals surface area contributed by atoms with E-state index in [1.54, 1.807) is 30.9 Å². The summed E-state index contributed by atoms with van der Waals surface area (Å²) in [5, 5.41) is 14.8. The van der Waals surface area contributed by atoms with Crippen LogP contribution < -0.4 is 9.64 Å². The van der Waals surface area contributed by atoms with E-state index in [1.807, 2.05) is 30.3 Å². The Hall–Kier alpha value is -3.49. The zero-order chi connectivity index (χ0) is 23.7. The number of ether oxygens (including phenoxy) is 2. The van der Waals surface area contributed by atoms with Crippen molar-refractivity contribution in [2.24, 2.45) is 0 Å². The molecule has 5 rings (SSSR count). The number of rotatable bonds is 7. The second-order valence-corrected chi connectivity index (χ2v) is 8.40. The number of hydrogen-bond donors (Lipinski definition) is 1. The maximum Gasteiger partial charge on any atom is 0.166 e. The molecule has 4 aromatic rings. The fraction of sp³-hybridized carbons (Fsp3) is 0.308. The summed E-state index contributed by atoms with van der Waals surface area (Å²) in [7, 11) is 3.27. The van der Waals surface area contributed by atoms with Crippen LogP contribution in [0.5, 0.6) is 5.75 Å². The van der Waals surface area contributed by atoms with Gasteiger partial charge in [-0.2, -0.15) is 5.10 Å². The van der Waals surface area contributed by atoms with Crippen LogP contribution in [0.4, 0.5) is 10.2 Å². The number of nitrogens with zero attached hydrogens (tertiary/aromatic N) is 4. The summed E-state index contributed by atoms with van der Waals surface area (Å²) in [5.74, 6) is 1.23. The predicted molar refractivity (Wildman–Crippen MR) is 129 cm³/mol. The van der Waals surface area contributed by atoms with Crippen molar-refractivity contribution in [2.75, 3.05) is 32.3 Å². The predicted octanol–water partition coefficient (Wildman–Crippen LogP) is 4.32. The number of halogens is 1. The normalized spacial score (nSPS) is 15.9. The van der Waals surface area contributed by atoms with Crippen LogP contribution in [0, 0.1) is 5.82 Å². The van der Waals surface area contributed by atoms with Crippen LogP contribution in [0.25, 0.3) is 28.0 Å². The quantitative estimate of drug-likeness (QED) is 0.441. The van der Waals surface area contributed by atoms with Gasteiger partial charge in [-0.3, -0.25) is 0 Å². The second kappa shape index (κ2) is 9.40. The van der Waals surface area contributed by atoms with Crippen molar-refractivity contribution < 1.29 is 19.0 Å². The number of fused-ring (bicyclic) bond motifs is 1. The van der Waals surface area contributed by atoms with Crippen LogP contribution >= 0.6 is 0 Å². The summed E-state index contributed by atoms with van der Waals surface area (Å²) < 4.78 is 26.3. The first-order valence-electron chi connectivity index (χ1n) is 11.3. The number of aliphatic hydroxyl groups is 1. The van der Waals surface area contributed by atoms with E-state index in [0.717, 1.165) is 59.0 Å². The lowest BCUT2D eigenvalue weighted by atomic mass is 10.1. The summed E-state index contributed by atoms with van der Waals surface area (Å²) in [4.78, 5) is 7.18. The summed E-state index contributed by atoms with van der Waals surface area (Å²) in [5.41, 5.74) is 4.86. The van der Waals surface area contributed by atoms with Crippen molar-refractivity contribution in [2.45, 2.75) is 25.5 Å². The molecule has 1 atom stereocenters. The zero-order valence-corrected chi connectivity index (χ0v) is 19.2. The molecule has 0 bridgehead atoms. The smallest absolute Gasteiger partial charge is 0.166 e. The molecular formula is C26H27FN4O3. The molecule has 0 saturated carbocycles. The first-order chi connectivity index (χ1) is 16.6. The minimum atomic E-state index is -0.298. The van der Waals surface area contributed by atoms with E-state index < -0.39 is 0 Å². The van der Waals surface area contributed by atoms with Gasteiger partial charge < -0.3 is 19.5 Å². The lowest BCUT2D eigenvalue weighted by Gasteiger charge is -2.25. The van der Waals surface area contributed by atoms with Gasteiger partial charge in [-0.15, -0.1) is 0 Å². The first kappa shape index (κ1) is 22.3. The Labute approximate surface area is 197 Å². The molecule has 0 spiro atoms. The molecule has 1 aliphatic heterocycles. The summed E-state index contributed by atoms with van der Waals surface area (Å²) >= 11 is 0. The minimum Gasteiger partial charge on any atom is -0.497 e. The number of aromatic nitrogens is 3. The van der Waals surface area contributed by atoms with Crippen LogP contribution in [-0.2, 0) is 11.3 Å². The third-order valence-electron chi connectivity index (χ3n) is 6.33. The van der Waals surface area contributed by atoms with Crippen molar-refractivity contribution in [3.8, 4) is 28.1 Å². The maximum atomic E-state index is 13.7. The lowest BCUT2D eigenvalue weighted by molar-refractivity contribution is 0.181. The highest BCUT2D eigenvalue weighted by Crippen LogP contribution is 2.35. The van der Waals surface area contributed by atoms with Gasteiger partial charge in [-0.25, -0.2) is 13.9 Å². The molecular weight excluding hydrogens is 435 g/mol.